The number of nitriles is 1. The van der Waals surface area contributed by atoms with E-state index in [1.807, 2.05) is 32.9 Å². The molecule has 0 bridgehead atoms. The molecule has 96 valence electrons. The highest BCUT2D eigenvalue weighted by molar-refractivity contribution is 5.67. The van der Waals surface area contributed by atoms with Crippen LogP contribution in [0.1, 0.15) is 38.1 Å². The fraction of sp³-hybridized carbons (Fsp3) is 0.462. The predicted octanol–water partition coefficient (Wildman–Crippen LogP) is 2.32. The van der Waals surface area contributed by atoms with Crippen LogP contribution in [0.2, 0.25) is 0 Å². The highest BCUT2D eigenvalue weighted by Gasteiger charge is 2.19. The van der Waals surface area contributed by atoms with Crippen molar-refractivity contribution >= 4 is 11.7 Å². The number of hydrogen-bond donors (Lipinski definition) is 2. The molecule has 0 spiro atoms. The van der Waals surface area contributed by atoms with Gasteiger partial charge in [0.2, 0.25) is 0 Å². The second-order valence-electron chi connectivity index (χ2n) is 4.90. The van der Waals surface area contributed by atoms with Crippen molar-refractivity contribution in [2.24, 2.45) is 0 Å². The van der Waals surface area contributed by atoms with E-state index in [1.54, 1.807) is 6.07 Å². The fourth-order valence-corrected chi connectivity index (χ4v) is 1.67. The molecule has 5 nitrogen and oxygen atoms in total. The summed E-state index contributed by atoms with van der Waals surface area (Å²) < 4.78 is 0. The number of anilines is 1. The lowest BCUT2D eigenvalue weighted by atomic mass is 9.98. The van der Waals surface area contributed by atoms with Crippen LogP contribution in [0.5, 0.6) is 0 Å². The molecule has 0 atom stereocenters. The first-order chi connectivity index (χ1) is 8.32. The summed E-state index contributed by atoms with van der Waals surface area (Å²) in [6, 6.07) is 5.50. The van der Waals surface area contributed by atoms with Gasteiger partial charge in [0, 0.05) is 23.3 Å². The van der Waals surface area contributed by atoms with Crippen LogP contribution in [-0.4, -0.2) is 21.6 Å². The Labute approximate surface area is 106 Å². The first-order valence-electron chi connectivity index (χ1n) is 5.71. The van der Waals surface area contributed by atoms with Crippen LogP contribution in [0.15, 0.2) is 12.1 Å². The normalized spacial score (nSPS) is 10.8. The minimum absolute atomic E-state index is 0.106. The monoisotopic (exact) mass is 247 g/mol. The number of aryl methyl sites for hydroxylation is 1. The molecule has 2 N–H and O–H groups in total. The van der Waals surface area contributed by atoms with Crippen LogP contribution in [0, 0.1) is 18.3 Å². The number of carbonyl (C=O) groups is 1. The first-order valence-corrected chi connectivity index (χ1v) is 5.71. The Morgan fingerprint density at radius 2 is 2.22 bits per heavy atom. The summed E-state index contributed by atoms with van der Waals surface area (Å²) in [5, 5.41) is 20.8. The van der Waals surface area contributed by atoms with E-state index in [0.29, 0.717) is 12.1 Å². The van der Waals surface area contributed by atoms with E-state index in [-0.39, 0.29) is 12.0 Å². The number of pyridine rings is 1. The van der Waals surface area contributed by atoms with Gasteiger partial charge in [0.25, 0.3) is 0 Å². The summed E-state index contributed by atoms with van der Waals surface area (Å²) in [5.74, 6) is -0.812. The summed E-state index contributed by atoms with van der Waals surface area (Å²) in [4.78, 5) is 14.6. The zero-order valence-electron chi connectivity index (χ0n) is 10.8. The Bertz CT molecular complexity index is 489. The molecule has 1 rings (SSSR count). The van der Waals surface area contributed by atoms with E-state index in [2.05, 4.69) is 10.3 Å². The average molecular weight is 247 g/mol. The smallest absolute Gasteiger partial charge is 0.303 e. The number of nitrogens with one attached hydrogen (secondary N) is 1. The van der Waals surface area contributed by atoms with Gasteiger partial charge in [-0.05, 0) is 39.3 Å². The molecular formula is C13H17N3O2. The van der Waals surface area contributed by atoms with Crippen molar-refractivity contribution in [3.8, 4) is 6.07 Å². The topological polar surface area (TPSA) is 86.0 Å². The third-order valence-corrected chi connectivity index (χ3v) is 2.51. The third-order valence-electron chi connectivity index (χ3n) is 2.51. The summed E-state index contributed by atoms with van der Waals surface area (Å²) in [6.45, 7) is 5.67. The fourth-order valence-electron chi connectivity index (χ4n) is 1.67. The summed E-state index contributed by atoms with van der Waals surface area (Å²) >= 11 is 0. The van der Waals surface area contributed by atoms with Crippen molar-refractivity contribution in [3.63, 3.8) is 0 Å². The Morgan fingerprint density at radius 1 is 1.56 bits per heavy atom. The number of aliphatic carboxylic acids is 1. The molecule has 1 heterocycles. The average Bonchev–Trinajstić information content (AvgIpc) is 2.25. The second-order valence-corrected chi connectivity index (χ2v) is 4.90. The van der Waals surface area contributed by atoms with E-state index in [9.17, 15) is 4.79 Å². The number of carboxylic acids is 1. The van der Waals surface area contributed by atoms with Gasteiger partial charge in [-0.15, -0.1) is 0 Å². The van der Waals surface area contributed by atoms with Crippen LogP contribution < -0.4 is 5.32 Å². The van der Waals surface area contributed by atoms with Gasteiger partial charge in [-0.25, -0.2) is 4.98 Å². The molecule has 0 saturated carbocycles. The zero-order valence-corrected chi connectivity index (χ0v) is 10.8. The highest BCUT2D eigenvalue weighted by Crippen LogP contribution is 2.20. The molecule has 0 saturated heterocycles. The quantitative estimate of drug-likeness (QED) is 0.833. The van der Waals surface area contributed by atoms with E-state index >= 15 is 0 Å². The van der Waals surface area contributed by atoms with Crippen molar-refractivity contribution in [3.05, 3.63) is 23.5 Å². The highest BCUT2D eigenvalue weighted by atomic mass is 16.4. The number of carboxylic acid groups (broad SMARTS) is 1. The summed E-state index contributed by atoms with van der Waals surface area (Å²) in [7, 11) is 0. The van der Waals surface area contributed by atoms with E-state index in [0.717, 1.165) is 11.4 Å². The maximum atomic E-state index is 10.6. The van der Waals surface area contributed by atoms with Gasteiger partial charge in [0.1, 0.15) is 11.8 Å². The molecule has 0 unspecified atom stereocenters. The number of aromatic nitrogens is 1. The molecule has 0 amide bonds. The number of nitrogens with zero attached hydrogens (tertiary/aromatic N) is 2. The molecule has 0 aliphatic carbocycles. The molecule has 5 heteroatoms. The van der Waals surface area contributed by atoms with Crippen molar-refractivity contribution in [2.75, 3.05) is 5.32 Å². The van der Waals surface area contributed by atoms with Crippen LogP contribution in [0.25, 0.3) is 0 Å². The largest absolute Gasteiger partial charge is 0.481 e. The molecule has 1 aromatic heterocycles. The number of rotatable bonds is 5. The molecule has 18 heavy (non-hydrogen) atoms. The van der Waals surface area contributed by atoms with E-state index < -0.39 is 5.97 Å². The van der Waals surface area contributed by atoms with Crippen molar-refractivity contribution in [1.82, 2.24) is 4.98 Å². The molecule has 1 aromatic rings. The van der Waals surface area contributed by atoms with Gasteiger partial charge in [-0.2, -0.15) is 5.26 Å². The van der Waals surface area contributed by atoms with Crippen LogP contribution in [0.4, 0.5) is 5.69 Å². The minimum atomic E-state index is -0.812. The Hall–Kier alpha value is -2.09. The molecule has 0 fully saturated rings. The molecule has 0 radical (unpaired) electrons. The molecule has 0 aromatic carbocycles. The third kappa shape index (κ3) is 4.42. The van der Waals surface area contributed by atoms with Gasteiger partial charge in [-0.3, -0.25) is 4.79 Å². The molecule has 0 aliphatic heterocycles. The Balaban J connectivity index is 2.80. The molecular weight excluding hydrogens is 230 g/mol. The van der Waals surface area contributed by atoms with E-state index in [1.165, 1.54) is 0 Å². The van der Waals surface area contributed by atoms with Crippen molar-refractivity contribution in [2.45, 2.75) is 39.2 Å². The van der Waals surface area contributed by atoms with Gasteiger partial charge < -0.3 is 10.4 Å². The second kappa shape index (κ2) is 5.50. The van der Waals surface area contributed by atoms with Crippen molar-refractivity contribution in [1.29, 1.82) is 5.26 Å². The number of hydrogen-bond acceptors (Lipinski definition) is 4. The Morgan fingerprint density at radius 3 is 2.78 bits per heavy atom. The molecule has 0 aliphatic rings. The maximum Gasteiger partial charge on any atom is 0.303 e. The minimum Gasteiger partial charge on any atom is -0.481 e. The SMILES string of the molecule is Cc1cc(NC(C)(C)CCC(=O)O)cc(C#N)n1. The predicted molar refractivity (Wildman–Crippen MR) is 68.3 cm³/mol. The van der Waals surface area contributed by atoms with Gasteiger partial charge in [-0.1, -0.05) is 0 Å². The first kappa shape index (κ1) is 14.0. The lowest BCUT2D eigenvalue weighted by Gasteiger charge is -2.27. The van der Waals surface area contributed by atoms with Gasteiger partial charge >= 0.3 is 5.97 Å². The van der Waals surface area contributed by atoms with Crippen LogP contribution >= 0.6 is 0 Å². The van der Waals surface area contributed by atoms with Crippen molar-refractivity contribution < 1.29 is 9.90 Å². The summed E-state index contributed by atoms with van der Waals surface area (Å²) in [5.41, 5.74) is 1.55. The summed E-state index contributed by atoms with van der Waals surface area (Å²) in [6.07, 6.45) is 0.612. The lowest BCUT2D eigenvalue weighted by Crippen LogP contribution is -2.31. The van der Waals surface area contributed by atoms with Crippen LogP contribution in [0.3, 0.4) is 0 Å². The maximum absolute atomic E-state index is 10.6. The standard InChI is InChI=1S/C13H17N3O2/c1-9-6-10(7-11(8-14)15-9)16-13(2,3)5-4-12(17)18/h6-7H,4-5H2,1-3H3,(H,15,16)(H,17,18). The zero-order chi connectivity index (χ0) is 13.8. The van der Waals surface area contributed by atoms with Gasteiger partial charge in [0.15, 0.2) is 0 Å². The van der Waals surface area contributed by atoms with Gasteiger partial charge in [0.05, 0.1) is 0 Å². The Kier molecular flexibility index (Phi) is 4.27. The van der Waals surface area contributed by atoms with Crippen LogP contribution in [-0.2, 0) is 4.79 Å². The van der Waals surface area contributed by atoms with E-state index in [4.69, 9.17) is 10.4 Å². The lowest BCUT2D eigenvalue weighted by molar-refractivity contribution is -0.137.